The molecule has 2 heterocycles. The third kappa shape index (κ3) is 2.58. The van der Waals surface area contributed by atoms with Gasteiger partial charge in [-0.1, -0.05) is 0 Å². The Morgan fingerprint density at radius 2 is 2.00 bits per heavy atom. The fourth-order valence-corrected chi connectivity index (χ4v) is 2.83. The topological polar surface area (TPSA) is 66.1 Å². The molecule has 0 spiro atoms. The molecule has 1 saturated heterocycles. The van der Waals surface area contributed by atoms with Gasteiger partial charge in [0, 0.05) is 18.8 Å². The molecule has 18 heavy (non-hydrogen) atoms. The molecule has 1 aromatic heterocycles. The summed E-state index contributed by atoms with van der Waals surface area (Å²) in [7, 11) is 0. The van der Waals surface area contributed by atoms with Gasteiger partial charge >= 0.3 is 5.69 Å². The molecule has 5 nitrogen and oxygen atoms in total. The van der Waals surface area contributed by atoms with Crippen LogP contribution in [0, 0.1) is 6.92 Å². The zero-order valence-electron chi connectivity index (χ0n) is 10.7. The molecule has 0 aliphatic carbocycles. The van der Waals surface area contributed by atoms with Crippen molar-refractivity contribution < 1.29 is 4.79 Å². The predicted molar refractivity (Wildman–Crippen MR) is 71.1 cm³/mol. The van der Waals surface area contributed by atoms with Crippen LogP contribution in [0.25, 0.3) is 0 Å². The van der Waals surface area contributed by atoms with Gasteiger partial charge in [0.05, 0.1) is 5.56 Å². The van der Waals surface area contributed by atoms with Crippen molar-refractivity contribution in [3.8, 4) is 0 Å². The second-order valence-electron chi connectivity index (χ2n) is 4.40. The molecule has 1 aromatic rings. The van der Waals surface area contributed by atoms with E-state index in [0.717, 1.165) is 25.9 Å². The predicted octanol–water partition coefficient (Wildman–Crippen LogP) is 1.43. The maximum absolute atomic E-state index is 12.5. The maximum atomic E-state index is 12.5. The monoisotopic (exact) mass is 267 g/mol. The summed E-state index contributed by atoms with van der Waals surface area (Å²) in [4.78, 5) is 32.1. The molecule has 0 saturated carbocycles. The lowest BCUT2D eigenvalue weighted by Crippen LogP contribution is -2.37. The van der Waals surface area contributed by atoms with E-state index in [0.29, 0.717) is 16.3 Å². The summed E-state index contributed by atoms with van der Waals surface area (Å²) in [5.74, 6) is -0.0136. The number of carbonyl (C=O) groups excluding carboxylic acids is 1. The van der Waals surface area contributed by atoms with Crippen LogP contribution in [0.1, 0.15) is 35.3 Å². The normalized spacial score (nSPS) is 15.8. The molecule has 0 aromatic carbocycles. The Hall–Kier alpha value is -1.30. The van der Waals surface area contributed by atoms with Gasteiger partial charge in [0.15, 0.2) is 0 Å². The number of rotatable bonds is 2. The van der Waals surface area contributed by atoms with Crippen molar-refractivity contribution >= 4 is 17.7 Å². The molecule has 0 radical (unpaired) electrons. The van der Waals surface area contributed by atoms with E-state index in [1.807, 2.05) is 11.2 Å². The number of nitrogens with zero attached hydrogens (tertiary/aromatic N) is 2. The standard InChI is InChI=1S/C12H17N3O2S/c1-8-9(10(18-2)14-12(17)13-8)11(16)15-6-4-3-5-7-15/h3-7H2,1-2H3,(H,13,14,17). The van der Waals surface area contributed by atoms with Gasteiger partial charge in [0.25, 0.3) is 5.91 Å². The van der Waals surface area contributed by atoms with Crippen molar-refractivity contribution in [1.82, 2.24) is 14.9 Å². The van der Waals surface area contributed by atoms with Gasteiger partial charge in [-0.15, -0.1) is 11.8 Å². The van der Waals surface area contributed by atoms with E-state index in [1.54, 1.807) is 6.92 Å². The molecule has 6 heteroatoms. The molecule has 1 amide bonds. The third-order valence-electron chi connectivity index (χ3n) is 3.14. The largest absolute Gasteiger partial charge is 0.346 e. The molecule has 1 N–H and O–H groups in total. The number of nitrogens with one attached hydrogen (secondary N) is 1. The summed E-state index contributed by atoms with van der Waals surface area (Å²) in [6.45, 7) is 3.34. The summed E-state index contributed by atoms with van der Waals surface area (Å²) in [5, 5.41) is 0.520. The molecule has 98 valence electrons. The van der Waals surface area contributed by atoms with Gasteiger partial charge in [-0.3, -0.25) is 4.79 Å². The smallest absolute Gasteiger partial charge is 0.339 e. The number of aromatic amines is 1. The fraction of sp³-hybridized carbons (Fsp3) is 0.583. The number of H-pyrrole nitrogens is 1. The van der Waals surface area contributed by atoms with Crippen molar-refractivity contribution in [2.75, 3.05) is 19.3 Å². The first-order valence-electron chi connectivity index (χ1n) is 6.07. The average molecular weight is 267 g/mol. The maximum Gasteiger partial charge on any atom is 0.346 e. The molecule has 1 aliphatic rings. The van der Waals surface area contributed by atoms with Crippen molar-refractivity contribution in [2.24, 2.45) is 0 Å². The number of hydrogen-bond acceptors (Lipinski definition) is 4. The Kier molecular flexibility index (Phi) is 4.06. The molecular formula is C12H17N3O2S. The Morgan fingerprint density at radius 3 is 2.61 bits per heavy atom. The van der Waals surface area contributed by atoms with Crippen molar-refractivity contribution in [1.29, 1.82) is 0 Å². The first-order valence-corrected chi connectivity index (χ1v) is 7.30. The highest BCUT2D eigenvalue weighted by Gasteiger charge is 2.23. The lowest BCUT2D eigenvalue weighted by atomic mass is 10.1. The third-order valence-corrected chi connectivity index (χ3v) is 3.82. The summed E-state index contributed by atoms with van der Waals surface area (Å²) in [6.07, 6.45) is 5.11. The molecule has 2 rings (SSSR count). The van der Waals surface area contributed by atoms with Crippen LogP contribution in [0.4, 0.5) is 0 Å². The Morgan fingerprint density at radius 1 is 1.33 bits per heavy atom. The van der Waals surface area contributed by atoms with Crippen LogP contribution in [0.15, 0.2) is 9.82 Å². The van der Waals surface area contributed by atoms with Crippen LogP contribution in [0.5, 0.6) is 0 Å². The SMILES string of the molecule is CSc1nc(=O)[nH]c(C)c1C(=O)N1CCCCC1. The minimum atomic E-state index is -0.396. The lowest BCUT2D eigenvalue weighted by Gasteiger charge is -2.27. The highest BCUT2D eigenvalue weighted by atomic mass is 32.2. The number of carbonyl (C=O) groups is 1. The second-order valence-corrected chi connectivity index (χ2v) is 5.20. The fourth-order valence-electron chi connectivity index (χ4n) is 2.21. The Balaban J connectivity index is 2.37. The first-order chi connectivity index (χ1) is 8.63. The zero-order chi connectivity index (χ0) is 13.1. The van der Waals surface area contributed by atoms with Gasteiger partial charge in [-0.2, -0.15) is 4.98 Å². The second kappa shape index (κ2) is 5.56. The van der Waals surface area contributed by atoms with E-state index in [9.17, 15) is 9.59 Å². The molecule has 1 aliphatic heterocycles. The van der Waals surface area contributed by atoms with Gasteiger partial charge in [-0.25, -0.2) is 4.79 Å². The van der Waals surface area contributed by atoms with E-state index in [-0.39, 0.29) is 5.91 Å². The van der Waals surface area contributed by atoms with Crippen LogP contribution in [0.3, 0.4) is 0 Å². The minimum Gasteiger partial charge on any atom is -0.339 e. The summed E-state index contributed by atoms with van der Waals surface area (Å²) in [6, 6.07) is 0. The van der Waals surface area contributed by atoms with Crippen molar-refractivity contribution in [2.45, 2.75) is 31.2 Å². The molecule has 1 fully saturated rings. The number of thioether (sulfide) groups is 1. The van der Waals surface area contributed by atoms with E-state index in [4.69, 9.17) is 0 Å². The summed E-state index contributed by atoms with van der Waals surface area (Å²) >= 11 is 1.34. The summed E-state index contributed by atoms with van der Waals surface area (Å²) < 4.78 is 0. The van der Waals surface area contributed by atoms with Gasteiger partial charge in [0.2, 0.25) is 0 Å². The molecule has 0 bridgehead atoms. The number of likely N-dealkylation sites (tertiary alicyclic amines) is 1. The van der Waals surface area contributed by atoms with E-state index < -0.39 is 5.69 Å². The first kappa shape index (κ1) is 13.1. The van der Waals surface area contributed by atoms with Crippen LogP contribution >= 0.6 is 11.8 Å². The molecule has 0 atom stereocenters. The quantitative estimate of drug-likeness (QED) is 0.650. The van der Waals surface area contributed by atoms with Crippen LogP contribution in [-0.2, 0) is 0 Å². The van der Waals surface area contributed by atoms with Crippen LogP contribution in [-0.4, -0.2) is 40.1 Å². The van der Waals surface area contributed by atoms with Gasteiger partial charge in [0.1, 0.15) is 5.03 Å². The van der Waals surface area contributed by atoms with E-state index in [2.05, 4.69) is 9.97 Å². The number of hydrogen-bond donors (Lipinski definition) is 1. The van der Waals surface area contributed by atoms with Crippen LogP contribution in [0.2, 0.25) is 0 Å². The van der Waals surface area contributed by atoms with Crippen molar-refractivity contribution in [3.05, 3.63) is 21.7 Å². The van der Waals surface area contributed by atoms with Gasteiger partial charge in [-0.05, 0) is 32.4 Å². The minimum absolute atomic E-state index is 0.0136. The zero-order valence-corrected chi connectivity index (χ0v) is 11.5. The Bertz CT molecular complexity index is 507. The Labute approximate surface area is 110 Å². The molecular weight excluding hydrogens is 250 g/mol. The molecule has 0 unspecified atom stereocenters. The number of amides is 1. The lowest BCUT2D eigenvalue weighted by molar-refractivity contribution is 0.0718. The van der Waals surface area contributed by atoms with Crippen LogP contribution < -0.4 is 5.69 Å². The van der Waals surface area contributed by atoms with E-state index in [1.165, 1.54) is 18.2 Å². The van der Waals surface area contributed by atoms with Gasteiger partial charge < -0.3 is 9.88 Å². The van der Waals surface area contributed by atoms with E-state index >= 15 is 0 Å². The van der Waals surface area contributed by atoms with Crippen molar-refractivity contribution in [3.63, 3.8) is 0 Å². The number of piperidine rings is 1. The average Bonchev–Trinajstić information content (AvgIpc) is 2.38. The highest BCUT2D eigenvalue weighted by molar-refractivity contribution is 7.98. The highest BCUT2D eigenvalue weighted by Crippen LogP contribution is 2.21. The number of aromatic nitrogens is 2. The number of aryl methyl sites for hydroxylation is 1. The summed E-state index contributed by atoms with van der Waals surface area (Å²) in [5.41, 5.74) is 0.756.